The SMILES string of the molecule is Ic1cc2c(cc1I)c1cc3c4ccccc4c3cc21. The van der Waals surface area contributed by atoms with Crippen LogP contribution in [0.4, 0.5) is 0 Å². The van der Waals surface area contributed by atoms with E-state index in [-0.39, 0.29) is 0 Å². The summed E-state index contributed by atoms with van der Waals surface area (Å²) in [6.07, 6.45) is 0. The molecule has 0 spiro atoms. The molecule has 0 N–H and O–H groups in total. The molecule has 0 fully saturated rings. The largest absolute Gasteiger partial charge is 0.0616 e. The van der Waals surface area contributed by atoms with Crippen molar-refractivity contribution >= 4 is 88.3 Å². The fourth-order valence-corrected chi connectivity index (χ4v) is 4.25. The van der Waals surface area contributed by atoms with Crippen LogP contribution >= 0.6 is 45.2 Å². The minimum absolute atomic E-state index is 1.34. The zero-order chi connectivity index (χ0) is 13.4. The quantitative estimate of drug-likeness (QED) is 0.227. The van der Waals surface area contributed by atoms with Crippen LogP contribution < -0.4 is 0 Å². The minimum atomic E-state index is 1.34. The molecule has 0 unspecified atom stereocenters. The van der Waals surface area contributed by atoms with Gasteiger partial charge in [0.15, 0.2) is 0 Å². The topological polar surface area (TPSA) is 0 Å². The van der Waals surface area contributed by atoms with Crippen LogP contribution in [0.15, 0.2) is 48.5 Å². The average molecular weight is 478 g/mol. The standard InChI is InChI=1S/C18H8I2/c19-17-7-15-13-5-11-9-3-1-2-4-10(9)12(11)6-14(13)16(15)8-18(17)20/h1-8H. The van der Waals surface area contributed by atoms with Crippen molar-refractivity contribution in [3.63, 3.8) is 0 Å². The van der Waals surface area contributed by atoms with Gasteiger partial charge in [0.05, 0.1) is 0 Å². The summed E-state index contributed by atoms with van der Waals surface area (Å²) in [5.41, 5.74) is 0. The van der Waals surface area contributed by atoms with E-state index < -0.39 is 0 Å². The van der Waals surface area contributed by atoms with E-state index in [4.69, 9.17) is 0 Å². The monoisotopic (exact) mass is 478 g/mol. The number of halogens is 2. The highest BCUT2D eigenvalue weighted by Gasteiger charge is 2.16. The predicted octanol–water partition coefficient (Wildman–Crippen LogP) is 6.38. The molecule has 0 saturated heterocycles. The van der Waals surface area contributed by atoms with Crippen LogP contribution in [0.3, 0.4) is 0 Å². The normalized spacial score (nSPS) is 12.5. The Bertz CT molecular complexity index is 1020. The summed E-state index contributed by atoms with van der Waals surface area (Å²) < 4.78 is 2.69. The Morgan fingerprint density at radius 3 is 1.25 bits per heavy atom. The van der Waals surface area contributed by atoms with Gasteiger partial charge in [0.2, 0.25) is 0 Å². The van der Waals surface area contributed by atoms with Gasteiger partial charge in [0, 0.05) is 7.14 Å². The molecule has 0 bridgehead atoms. The second-order valence-electron chi connectivity index (χ2n) is 5.30. The van der Waals surface area contributed by atoms with E-state index in [9.17, 15) is 0 Å². The van der Waals surface area contributed by atoms with Crippen LogP contribution in [0.1, 0.15) is 0 Å². The minimum Gasteiger partial charge on any atom is -0.0616 e. The Morgan fingerprint density at radius 2 is 0.800 bits per heavy atom. The Balaban J connectivity index is 1.96. The van der Waals surface area contributed by atoms with E-state index in [1.165, 1.54) is 50.2 Å². The fraction of sp³-hybridized carbons (Fsp3) is 0. The molecule has 0 aliphatic heterocycles. The molecule has 5 aromatic rings. The van der Waals surface area contributed by atoms with Gasteiger partial charge in [-0.05, 0) is 113 Å². The lowest BCUT2D eigenvalue weighted by Gasteiger charge is -2.18. The maximum absolute atomic E-state index is 2.42. The number of fused-ring (bicyclic) bond motifs is 8. The highest BCUT2D eigenvalue weighted by atomic mass is 127. The second kappa shape index (κ2) is 3.85. The van der Waals surface area contributed by atoms with E-state index in [0.29, 0.717) is 0 Å². The zero-order valence-electron chi connectivity index (χ0n) is 10.4. The second-order valence-corrected chi connectivity index (χ2v) is 7.63. The van der Waals surface area contributed by atoms with Gasteiger partial charge in [0.1, 0.15) is 0 Å². The lowest BCUT2D eigenvalue weighted by atomic mass is 9.86. The van der Waals surface area contributed by atoms with Crippen molar-refractivity contribution < 1.29 is 0 Å². The van der Waals surface area contributed by atoms with Crippen LogP contribution in [0.2, 0.25) is 0 Å². The first kappa shape index (κ1) is 11.7. The highest BCUT2D eigenvalue weighted by Crippen LogP contribution is 2.44. The third-order valence-electron chi connectivity index (χ3n) is 4.31. The maximum Gasteiger partial charge on any atom is 0.0270 e. The van der Waals surface area contributed by atoms with Gasteiger partial charge in [-0.25, -0.2) is 0 Å². The van der Waals surface area contributed by atoms with Crippen molar-refractivity contribution in [1.82, 2.24) is 0 Å². The summed E-state index contributed by atoms with van der Waals surface area (Å²) in [4.78, 5) is 0. The molecule has 2 heteroatoms. The first-order valence-corrected chi connectivity index (χ1v) is 8.67. The average Bonchev–Trinajstić information content (AvgIpc) is 2.45. The molecular formula is C18H8I2. The summed E-state index contributed by atoms with van der Waals surface area (Å²) in [6.45, 7) is 0. The Kier molecular flexibility index (Phi) is 2.26. The molecule has 0 amide bonds. The molecule has 5 rings (SSSR count). The summed E-state index contributed by atoms with van der Waals surface area (Å²) in [6, 6.07) is 18.1. The van der Waals surface area contributed by atoms with Crippen molar-refractivity contribution in [2.75, 3.05) is 0 Å². The first-order valence-electron chi connectivity index (χ1n) is 6.51. The van der Waals surface area contributed by atoms with Gasteiger partial charge < -0.3 is 0 Å². The van der Waals surface area contributed by atoms with E-state index in [0.717, 1.165) is 0 Å². The molecule has 0 nitrogen and oxygen atoms in total. The molecule has 20 heavy (non-hydrogen) atoms. The van der Waals surface area contributed by atoms with Gasteiger partial charge in [0.25, 0.3) is 0 Å². The van der Waals surface area contributed by atoms with Crippen molar-refractivity contribution in [1.29, 1.82) is 0 Å². The predicted molar refractivity (Wildman–Crippen MR) is 104 cm³/mol. The van der Waals surface area contributed by atoms with Crippen molar-refractivity contribution in [3.8, 4) is 0 Å². The number of hydrogen-bond acceptors (Lipinski definition) is 0. The summed E-state index contributed by atoms with van der Waals surface area (Å²) in [5.74, 6) is 0. The summed E-state index contributed by atoms with van der Waals surface area (Å²) >= 11 is 4.84. The number of hydrogen-bond donors (Lipinski definition) is 0. The smallest absolute Gasteiger partial charge is 0.0270 e. The maximum atomic E-state index is 2.42. The van der Waals surface area contributed by atoms with Crippen LogP contribution in [0.5, 0.6) is 0 Å². The van der Waals surface area contributed by atoms with Crippen LogP contribution in [-0.4, -0.2) is 0 Å². The highest BCUT2D eigenvalue weighted by molar-refractivity contribution is 14.1. The molecule has 0 aliphatic carbocycles. The van der Waals surface area contributed by atoms with E-state index in [1.54, 1.807) is 0 Å². The molecule has 0 saturated carbocycles. The lowest BCUT2D eigenvalue weighted by Crippen LogP contribution is -1.91. The Morgan fingerprint density at radius 1 is 0.450 bits per heavy atom. The molecule has 94 valence electrons. The summed E-state index contributed by atoms with van der Waals surface area (Å²) in [5, 5.41) is 11.3. The number of benzene rings is 3. The van der Waals surface area contributed by atoms with Gasteiger partial charge in [-0.2, -0.15) is 0 Å². The molecule has 0 radical (unpaired) electrons. The zero-order valence-corrected chi connectivity index (χ0v) is 14.7. The third-order valence-corrected chi connectivity index (χ3v) is 7.12. The van der Waals surface area contributed by atoms with E-state index in [2.05, 4.69) is 93.7 Å². The van der Waals surface area contributed by atoms with Gasteiger partial charge in [-0.1, -0.05) is 24.3 Å². The Labute approximate surface area is 143 Å². The molecule has 0 aromatic heterocycles. The van der Waals surface area contributed by atoms with Crippen LogP contribution in [0, 0.1) is 7.14 Å². The van der Waals surface area contributed by atoms with Crippen LogP contribution in [-0.2, 0) is 0 Å². The lowest BCUT2D eigenvalue weighted by molar-refractivity contribution is 1.66. The molecule has 5 aromatic carbocycles. The van der Waals surface area contributed by atoms with Gasteiger partial charge in [-0.15, -0.1) is 0 Å². The van der Waals surface area contributed by atoms with Gasteiger partial charge >= 0.3 is 0 Å². The van der Waals surface area contributed by atoms with Crippen molar-refractivity contribution in [3.05, 3.63) is 55.7 Å². The fourth-order valence-electron chi connectivity index (χ4n) is 3.31. The van der Waals surface area contributed by atoms with Crippen molar-refractivity contribution in [2.45, 2.75) is 0 Å². The van der Waals surface area contributed by atoms with Crippen molar-refractivity contribution in [2.24, 2.45) is 0 Å². The molecule has 0 aliphatic rings. The van der Waals surface area contributed by atoms with E-state index >= 15 is 0 Å². The third kappa shape index (κ3) is 1.32. The van der Waals surface area contributed by atoms with E-state index in [1.807, 2.05) is 0 Å². The molecule has 0 atom stereocenters. The molecule has 0 heterocycles. The summed E-state index contributed by atoms with van der Waals surface area (Å²) in [7, 11) is 0. The Hall–Kier alpha value is -0.880. The molecular weight excluding hydrogens is 470 g/mol. The van der Waals surface area contributed by atoms with Crippen LogP contribution in [0.25, 0.3) is 43.1 Å². The first-order chi connectivity index (χ1) is 9.74. The van der Waals surface area contributed by atoms with Gasteiger partial charge in [-0.3, -0.25) is 0 Å². The number of rotatable bonds is 0.